The fourth-order valence-corrected chi connectivity index (χ4v) is 3.89. The van der Waals surface area contributed by atoms with E-state index in [4.69, 9.17) is 4.74 Å². The summed E-state index contributed by atoms with van der Waals surface area (Å²) in [5.74, 6) is 1.18. The molecule has 3 N–H and O–H groups in total. The van der Waals surface area contributed by atoms with Gasteiger partial charge in [-0.2, -0.15) is 0 Å². The molecule has 2 aromatic rings. The van der Waals surface area contributed by atoms with Gasteiger partial charge in [0.1, 0.15) is 11.6 Å². The van der Waals surface area contributed by atoms with Gasteiger partial charge in [0, 0.05) is 18.7 Å². The van der Waals surface area contributed by atoms with Crippen LogP contribution in [0.2, 0.25) is 0 Å². The molecule has 2 aromatic carbocycles. The summed E-state index contributed by atoms with van der Waals surface area (Å²) in [5, 5.41) is 16.0. The van der Waals surface area contributed by atoms with Gasteiger partial charge in [0.2, 0.25) is 0 Å². The van der Waals surface area contributed by atoms with E-state index in [1.54, 1.807) is 19.2 Å². The van der Waals surface area contributed by atoms with Crippen molar-refractivity contribution in [2.75, 3.05) is 33.3 Å². The Labute approximate surface area is 207 Å². The van der Waals surface area contributed by atoms with Crippen LogP contribution in [-0.4, -0.2) is 49.3 Å². The van der Waals surface area contributed by atoms with Crippen molar-refractivity contribution in [1.29, 1.82) is 0 Å². The SMILES string of the molecule is CCNC(=NCc1ccc(F)c(CO)c1)NCC(c1ccc(OC)cc1)N1CCCC1.I. The van der Waals surface area contributed by atoms with Gasteiger partial charge < -0.3 is 20.5 Å². The fourth-order valence-electron chi connectivity index (χ4n) is 3.89. The molecule has 0 aliphatic carbocycles. The zero-order chi connectivity index (χ0) is 22.1. The van der Waals surface area contributed by atoms with Crippen molar-refractivity contribution in [3.8, 4) is 5.75 Å². The maximum atomic E-state index is 13.6. The number of aliphatic hydroxyl groups excluding tert-OH is 1. The van der Waals surface area contributed by atoms with Crippen molar-refractivity contribution in [3.63, 3.8) is 0 Å². The van der Waals surface area contributed by atoms with Gasteiger partial charge in [0.15, 0.2) is 5.96 Å². The number of nitrogens with zero attached hydrogens (tertiary/aromatic N) is 2. The molecule has 32 heavy (non-hydrogen) atoms. The van der Waals surface area contributed by atoms with Crippen LogP contribution in [-0.2, 0) is 13.2 Å². The van der Waals surface area contributed by atoms with Gasteiger partial charge >= 0.3 is 0 Å². The lowest BCUT2D eigenvalue weighted by molar-refractivity contribution is 0.245. The number of likely N-dealkylation sites (tertiary alicyclic amines) is 1. The van der Waals surface area contributed by atoms with Crippen LogP contribution in [0, 0.1) is 5.82 Å². The number of ether oxygens (including phenoxy) is 1. The number of nitrogens with one attached hydrogen (secondary N) is 2. The van der Waals surface area contributed by atoms with Crippen LogP contribution in [0.15, 0.2) is 47.5 Å². The van der Waals surface area contributed by atoms with Gasteiger partial charge in [-0.3, -0.25) is 4.90 Å². The summed E-state index contributed by atoms with van der Waals surface area (Å²) in [5.41, 5.74) is 2.39. The van der Waals surface area contributed by atoms with E-state index in [1.165, 1.54) is 24.5 Å². The number of aliphatic imine (C=N–C) groups is 1. The van der Waals surface area contributed by atoms with Crippen LogP contribution in [0.25, 0.3) is 0 Å². The standard InChI is InChI=1S/C24H33FN4O2.HI/c1-3-26-24(27-15-18-6-11-22(25)20(14-18)17-30)28-16-23(29-12-4-5-13-29)19-7-9-21(31-2)10-8-19;/h6-11,14,23,30H,3-5,12-13,15-17H2,1-2H3,(H2,26,27,28);1H. The molecule has 0 aromatic heterocycles. The Morgan fingerprint density at radius 3 is 2.50 bits per heavy atom. The van der Waals surface area contributed by atoms with Gasteiger partial charge in [-0.1, -0.05) is 18.2 Å². The molecule has 1 saturated heterocycles. The molecule has 0 saturated carbocycles. The van der Waals surface area contributed by atoms with Crippen LogP contribution >= 0.6 is 24.0 Å². The minimum absolute atomic E-state index is 0. The summed E-state index contributed by atoms with van der Waals surface area (Å²) >= 11 is 0. The summed E-state index contributed by atoms with van der Waals surface area (Å²) in [4.78, 5) is 7.17. The van der Waals surface area contributed by atoms with E-state index in [0.717, 1.165) is 43.5 Å². The highest BCUT2D eigenvalue weighted by molar-refractivity contribution is 14.0. The minimum Gasteiger partial charge on any atom is -0.497 e. The zero-order valence-corrected chi connectivity index (χ0v) is 21.1. The van der Waals surface area contributed by atoms with Gasteiger partial charge in [-0.05, 0) is 68.2 Å². The number of aliphatic hydroxyl groups is 1. The van der Waals surface area contributed by atoms with E-state index in [0.29, 0.717) is 12.1 Å². The summed E-state index contributed by atoms with van der Waals surface area (Å²) in [6.45, 7) is 5.76. The Balaban J connectivity index is 0.00000363. The topological polar surface area (TPSA) is 69.1 Å². The van der Waals surface area contributed by atoms with Crippen molar-refractivity contribution in [3.05, 3.63) is 65.0 Å². The Morgan fingerprint density at radius 1 is 1.16 bits per heavy atom. The first-order valence-electron chi connectivity index (χ1n) is 10.9. The van der Waals surface area contributed by atoms with Gasteiger partial charge in [-0.15, -0.1) is 24.0 Å². The van der Waals surface area contributed by atoms with Crippen molar-refractivity contribution in [1.82, 2.24) is 15.5 Å². The second-order valence-electron chi connectivity index (χ2n) is 7.69. The maximum Gasteiger partial charge on any atom is 0.191 e. The molecule has 8 heteroatoms. The van der Waals surface area contributed by atoms with Gasteiger partial charge in [0.05, 0.1) is 26.3 Å². The summed E-state index contributed by atoms with van der Waals surface area (Å²) in [6, 6.07) is 13.2. The quantitative estimate of drug-likeness (QED) is 0.249. The molecule has 176 valence electrons. The molecule has 1 atom stereocenters. The van der Waals surface area contributed by atoms with Crippen LogP contribution < -0.4 is 15.4 Å². The summed E-state index contributed by atoms with van der Waals surface area (Å²) in [6.07, 6.45) is 2.44. The average molecular weight is 556 g/mol. The molecule has 1 fully saturated rings. The first-order valence-corrected chi connectivity index (χ1v) is 10.9. The van der Waals surface area contributed by atoms with Crippen LogP contribution in [0.5, 0.6) is 5.75 Å². The number of hydrogen-bond donors (Lipinski definition) is 3. The maximum absolute atomic E-state index is 13.6. The second-order valence-corrected chi connectivity index (χ2v) is 7.69. The lowest BCUT2D eigenvalue weighted by Gasteiger charge is -2.29. The molecule has 0 spiro atoms. The molecular formula is C24H34FIN4O2. The summed E-state index contributed by atoms with van der Waals surface area (Å²) in [7, 11) is 1.68. The first-order chi connectivity index (χ1) is 15.1. The third-order valence-electron chi connectivity index (χ3n) is 5.59. The van der Waals surface area contributed by atoms with Crippen molar-refractivity contribution < 1.29 is 14.2 Å². The number of halogens is 2. The Morgan fingerprint density at radius 2 is 1.88 bits per heavy atom. The van der Waals surface area contributed by atoms with Crippen molar-refractivity contribution >= 4 is 29.9 Å². The molecule has 0 bridgehead atoms. The fraction of sp³-hybridized carbons (Fsp3) is 0.458. The monoisotopic (exact) mass is 556 g/mol. The number of hydrogen-bond acceptors (Lipinski definition) is 4. The lowest BCUT2D eigenvalue weighted by Crippen LogP contribution is -2.42. The van der Waals surface area contributed by atoms with E-state index in [2.05, 4.69) is 32.7 Å². The molecule has 6 nitrogen and oxygen atoms in total. The molecular weight excluding hydrogens is 522 g/mol. The third-order valence-corrected chi connectivity index (χ3v) is 5.59. The van der Waals surface area contributed by atoms with E-state index >= 15 is 0 Å². The highest BCUT2D eigenvalue weighted by Crippen LogP contribution is 2.26. The average Bonchev–Trinajstić information content (AvgIpc) is 3.33. The lowest BCUT2D eigenvalue weighted by atomic mass is 10.1. The predicted molar refractivity (Wildman–Crippen MR) is 137 cm³/mol. The van der Waals surface area contributed by atoms with Gasteiger partial charge in [-0.25, -0.2) is 9.38 Å². The molecule has 1 unspecified atom stereocenters. The highest BCUT2D eigenvalue weighted by atomic mass is 127. The predicted octanol–water partition coefficient (Wildman–Crippen LogP) is 3.84. The molecule has 1 aliphatic heterocycles. The van der Waals surface area contributed by atoms with Crippen molar-refractivity contribution in [2.45, 2.75) is 39.0 Å². The van der Waals surface area contributed by atoms with Crippen LogP contribution in [0.4, 0.5) is 4.39 Å². The number of methoxy groups -OCH3 is 1. The second kappa shape index (κ2) is 13.6. The Kier molecular flexibility index (Phi) is 11.2. The number of rotatable bonds is 9. The van der Waals surface area contributed by atoms with Gasteiger partial charge in [0.25, 0.3) is 0 Å². The van der Waals surface area contributed by atoms with E-state index in [-0.39, 0.29) is 36.6 Å². The van der Waals surface area contributed by atoms with Crippen LogP contribution in [0.3, 0.4) is 0 Å². The van der Waals surface area contributed by atoms with E-state index in [9.17, 15) is 9.50 Å². The molecule has 0 radical (unpaired) electrons. The number of guanidine groups is 1. The normalized spacial score (nSPS) is 15.2. The summed E-state index contributed by atoms with van der Waals surface area (Å²) < 4.78 is 18.9. The Bertz CT molecular complexity index is 858. The molecule has 1 heterocycles. The largest absolute Gasteiger partial charge is 0.497 e. The van der Waals surface area contributed by atoms with E-state index in [1.807, 2.05) is 19.1 Å². The molecule has 1 aliphatic rings. The Hall–Kier alpha value is -1.91. The van der Waals surface area contributed by atoms with Crippen molar-refractivity contribution in [2.24, 2.45) is 4.99 Å². The molecule has 0 amide bonds. The first kappa shape index (κ1) is 26.3. The highest BCUT2D eigenvalue weighted by Gasteiger charge is 2.23. The molecule has 3 rings (SSSR count). The third kappa shape index (κ3) is 7.31. The van der Waals surface area contributed by atoms with E-state index < -0.39 is 5.82 Å². The van der Waals surface area contributed by atoms with Crippen LogP contribution in [0.1, 0.15) is 42.5 Å². The minimum atomic E-state index is -0.395. The smallest absolute Gasteiger partial charge is 0.191 e. The zero-order valence-electron chi connectivity index (χ0n) is 18.8. The number of benzene rings is 2.